The van der Waals surface area contributed by atoms with E-state index in [2.05, 4.69) is 26.6 Å². The molecule has 1 unspecified atom stereocenters. The van der Waals surface area contributed by atoms with E-state index in [4.69, 9.17) is 27.1 Å². The van der Waals surface area contributed by atoms with Gasteiger partial charge < -0.3 is 25.4 Å². The maximum absolute atomic E-state index is 11.5. The fraction of sp³-hybridized carbons (Fsp3) is 0.538. The minimum Gasteiger partial charge on any atom is -0.409 e. The molecule has 1 aromatic carbocycles. The lowest BCUT2D eigenvalue weighted by molar-refractivity contribution is 0.00228. The number of oxime groups is 1. The van der Waals surface area contributed by atoms with Gasteiger partial charge in [-0.3, -0.25) is 0 Å². The number of hydrogen-bond donors (Lipinski definition) is 3. The Bertz CT molecular complexity index is 1250. The van der Waals surface area contributed by atoms with Gasteiger partial charge in [-0.1, -0.05) is 48.7 Å². The Morgan fingerprint density at radius 1 is 1.17 bits per heavy atom. The summed E-state index contributed by atoms with van der Waals surface area (Å²) in [7, 11) is 0. The summed E-state index contributed by atoms with van der Waals surface area (Å²) in [6.45, 7) is 4.29. The van der Waals surface area contributed by atoms with Crippen LogP contribution in [0.5, 0.6) is 0 Å². The molecule has 1 saturated carbocycles. The van der Waals surface area contributed by atoms with Crippen LogP contribution in [0.2, 0.25) is 5.02 Å². The third-order valence-corrected chi connectivity index (χ3v) is 7.86. The molecule has 0 amide bonds. The van der Waals surface area contributed by atoms with Gasteiger partial charge in [-0.2, -0.15) is 0 Å². The Hall–Kier alpha value is -2.75. The molecule has 0 bridgehead atoms. The van der Waals surface area contributed by atoms with Gasteiger partial charge in [0.1, 0.15) is 23.1 Å². The predicted octanol–water partition coefficient (Wildman–Crippen LogP) is 4.53. The smallest absolute Gasteiger partial charge is 0.208 e. The molecular weight excluding hydrogens is 480 g/mol. The molecule has 10 heteroatoms. The van der Waals surface area contributed by atoms with Crippen LogP contribution in [0.1, 0.15) is 63.2 Å². The zero-order chi connectivity index (χ0) is 25.2. The molecule has 3 heterocycles. The number of nitrogens with zero attached hydrogens (tertiary/aromatic N) is 5. The highest BCUT2D eigenvalue weighted by molar-refractivity contribution is 6.30. The van der Waals surface area contributed by atoms with Crippen molar-refractivity contribution in [3.05, 3.63) is 40.9 Å². The lowest BCUT2D eigenvalue weighted by atomic mass is 9.83. The summed E-state index contributed by atoms with van der Waals surface area (Å²) in [6, 6.07) is 7.40. The van der Waals surface area contributed by atoms with Gasteiger partial charge in [-0.15, -0.1) is 0 Å². The number of nitrogens with two attached hydrogens (primary N) is 1. The number of hydrogen-bond acceptors (Lipinski definition) is 7. The Balaban J connectivity index is 1.70. The molecule has 9 nitrogen and oxygen atoms in total. The number of benzene rings is 1. The number of halogens is 1. The maximum Gasteiger partial charge on any atom is 0.208 e. The normalized spacial score (nSPS) is 22.7. The summed E-state index contributed by atoms with van der Waals surface area (Å²) in [5, 5.41) is 24.5. The quantitative estimate of drug-likeness (QED) is 0.191. The largest absolute Gasteiger partial charge is 0.409 e. The molecule has 2 fully saturated rings. The standard InChI is InChI=1S/C26H33ClN6O3/c1-15-5-7-16(8-6-15)14-33-21-20(18-3-2-4-19(27)13-18)29-25(23(28)32-35)30-24(21)31-26(33)22(34)17-9-11-36-12-10-17/h2-4,13,15-17,22,34-35H,5-12,14H2,1H3,(H2,28,32). The van der Waals surface area contributed by atoms with Crippen LogP contribution in [0.3, 0.4) is 0 Å². The van der Waals surface area contributed by atoms with E-state index in [1.54, 1.807) is 6.07 Å². The van der Waals surface area contributed by atoms with E-state index in [0.717, 1.165) is 49.2 Å². The summed E-state index contributed by atoms with van der Waals surface area (Å²) in [5.74, 6) is 1.71. The molecule has 36 heavy (non-hydrogen) atoms. The number of rotatable bonds is 6. The molecule has 4 N–H and O–H groups in total. The van der Waals surface area contributed by atoms with Crippen molar-refractivity contribution in [2.24, 2.45) is 28.6 Å². The second kappa shape index (κ2) is 10.7. The van der Waals surface area contributed by atoms with Crippen molar-refractivity contribution >= 4 is 28.6 Å². The summed E-state index contributed by atoms with van der Waals surface area (Å²) in [4.78, 5) is 14.1. The number of ether oxygens (including phenoxy) is 1. The van der Waals surface area contributed by atoms with Crippen molar-refractivity contribution in [2.75, 3.05) is 13.2 Å². The number of imidazole rings is 1. The van der Waals surface area contributed by atoms with Gasteiger partial charge in [-0.05, 0) is 55.6 Å². The second-order valence-electron chi connectivity index (χ2n) is 10.2. The van der Waals surface area contributed by atoms with Crippen LogP contribution < -0.4 is 5.73 Å². The summed E-state index contributed by atoms with van der Waals surface area (Å²) in [6.07, 6.45) is 5.43. The van der Waals surface area contributed by atoms with Crippen LogP contribution in [-0.2, 0) is 11.3 Å². The topological polar surface area (TPSA) is 132 Å². The molecule has 0 radical (unpaired) electrons. The summed E-state index contributed by atoms with van der Waals surface area (Å²) >= 11 is 6.34. The fourth-order valence-corrected chi connectivity index (χ4v) is 5.66. The van der Waals surface area contributed by atoms with Crippen LogP contribution in [0.4, 0.5) is 0 Å². The second-order valence-corrected chi connectivity index (χ2v) is 10.6. The number of fused-ring (bicyclic) bond motifs is 1. The van der Waals surface area contributed by atoms with E-state index in [0.29, 0.717) is 41.3 Å². The Morgan fingerprint density at radius 2 is 1.92 bits per heavy atom. The fourth-order valence-electron chi connectivity index (χ4n) is 5.47. The highest BCUT2D eigenvalue weighted by Crippen LogP contribution is 2.37. The third kappa shape index (κ3) is 5.05. The van der Waals surface area contributed by atoms with Gasteiger partial charge in [0.05, 0.1) is 0 Å². The lowest BCUT2D eigenvalue weighted by Gasteiger charge is -2.30. The van der Waals surface area contributed by atoms with Crippen molar-refractivity contribution in [3.63, 3.8) is 0 Å². The van der Waals surface area contributed by atoms with E-state index in [-0.39, 0.29) is 17.6 Å². The first-order valence-electron chi connectivity index (χ1n) is 12.7. The van der Waals surface area contributed by atoms with Gasteiger partial charge in [0.2, 0.25) is 11.7 Å². The van der Waals surface area contributed by atoms with Crippen LogP contribution >= 0.6 is 11.6 Å². The average Bonchev–Trinajstić information content (AvgIpc) is 3.27. The zero-order valence-electron chi connectivity index (χ0n) is 20.5. The highest BCUT2D eigenvalue weighted by Gasteiger charge is 2.31. The number of aliphatic hydroxyl groups is 1. The molecule has 1 atom stereocenters. The first-order chi connectivity index (χ1) is 17.4. The van der Waals surface area contributed by atoms with E-state index in [1.165, 1.54) is 12.8 Å². The molecule has 1 saturated heterocycles. The average molecular weight is 513 g/mol. The molecule has 2 aromatic heterocycles. The summed E-state index contributed by atoms with van der Waals surface area (Å²) < 4.78 is 7.64. The molecule has 1 aliphatic carbocycles. The monoisotopic (exact) mass is 512 g/mol. The number of amidine groups is 1. The predicted molar refractivity (Wildman–Crippen MR) is 138 cm³/mol. The molecule has 192 valence electrons. The lowest BCUT2D eigenvalue weighted by Crippen LogP contribution is -2.26. The van der Waals surface area contributed by atoms with E-state index in [9.17, 15) is 10.3 Å². The van der Waals surface area contributed by atoms with Crippen LogP contribution in [-0.4, -0.2) is 48.9 Å². The Kier molecular flexibility index (Phi) is 7.41. The van der Waals surface area contributed by atoms with Gasteiger partial charge in [0, 0.05) is 30.3 Å². The molecule has 2 aliphatic rings. The van der Waals surface area contributed by atoms with Crippen molar-refractivity contribution in [1.29, 1.82) is 0 Å². The highest BCUT2D eigenvalue weighted by atomic mass is 35.5. The van der Waals surface area contributed by atoms with E-state index < -0.39 is 6.10 Å². The Morgan fingerprint density at radius 3 is 2.61 bits per heavy atom. The molecule has 3 aromatic rings. The molecule has 0 spiro atoms. The van der Waals surface area contributed by atoms with E-state index in [1.807, 2.05) is 18.2 Å². The van der Waals surface area contributed by atoms with Crippen LogP contribution in [0, 0.1) is 17.8 Å². The SMILES string of the molecule is CC1CCC(Cn2c(C(O)C3CCOCC3)nc3nc(C(N)=NO)nc(-c4cccc(Cl)c4)c32)CC1. The van der Waals surface area contributed by atoms with Gasteiger partial charge in [0.15, 0.2) is 5.65 Å². The van der Waals surface area contributed by atoms with Crippen molar-refractivity contribution in [3.8, 4) is 11.3 Å². The minimum absolute atomic E-state index is 0.0480. The first kappa shape index (κ1) is 24.9. The van der Waals surface area contributed by atoms with E-state index >= 15 is 0 Å². The molecular formula is C26H33ClN6O3. The molecule has 5 rings (SSSR count). The van der Waals surface area contributed by atoms with Crippen LogP contribution in [0.15, 0.2) is 29.4 Å². The van der Waals surface area contributed by atoms with Gasteiger partial charge in [-0.25, -0.2) is 15.0 Å². The van der Waals surface area contributed by atoms with Gasteiger partial charge in [0.25, 0.3) is 0 Å². The maximum atomic E-state index is 11.5. The Labute approximate surface area is 215 Å². The van der Waals surface area contributed by atoms with Gasteiger partial charge >= 0.3 is 0 Å². The van der Waals surface area contributed by atoms with Crippen molar-refractivity contribution in [2.45, 2.75) is 58.1 Å². The summed E-state index contributed by atoms with van der Waals surface area (Å²) in [5.41, 5.74) is 8.39. The van der Waals surface area contributed by atoms with Crippen LogP contribution in [0.25, 0.3) is 22.4 Å². The van der Waals surface area contributed by atoms with Crippen molar-refractivity contribution < 1.29 is 15.1 Å². The molecule has 1 aliphatic heterocycles. The number of aromatic nitrogens is 4. The zero-order valence-corrected chi connectivity index (χ0v) is 21.2. The first-order valence-corrected chi connectivity index (χ1v) is 13.1. The number of aliphatic hydroxyl groups excluding tert-OH is 1. The minimum atomic E-state index is -0.759. The van der Waals surface area contributed by atoms with Crippen molar-refractivity contribution in [1.82, 2.24) is 19.5 Å². The third-order valence-electron chi connectivity index (χ3n) is 7.62.